The van der Waals surface area contributed by atoms with Crippen LogP contribution in [0.5, 0.6) is 5.88 Å². The number of hydrogen-bond donors (Lipinski definition) is 1. The van der Waals surface area contributed by atoms with Gasteiger partial charge in [0.25, 0.3) is 0 Å². The lowest BCUT2D eigenvalue weighted by Gasteiger charge is -2.31. The molecule has 0 aliphatic carbocycles. The summed E-state index contributed by atoms with van der Waals surface area (Å²) in [5, 5.41) is 17.9. The molecule has 0 amide bonds. The molecule has 0 unspecified atom stereocenters. The number of hydrogen-bond acceptors (Lipinski definition) is 8. The number of carboxylic acid groups (broad SMARTS) is 1. The summed E-state index contributed by atoms with van der Waals surface area (Å²) >= 11 is 5.82. The number of carboxylic acids is 1. The highest BCUT2D eigenvalue weighted by Gasteiger charge is 2.24. The highest BCUT2D eigenvalue weighted by Crippen LogP contribution is 2.29. The van der Waals surface area contributed by atoms with E-state index in [1.807, 2.05) is 12.1 Å². The van der Waals surface area contributed by atoms with Crippen LogP contribution >= 0.6 is 11.6 Å². The number of carbonyl (C=O) groups is 1. The van der Waals surface area contributed by atoms with Crippen LogP contribution in [-0.2, 0) is 34.3 Å². The summed E-state index contributed by atoms with van der Waals surface area (Å²) in [6, 6.07) is 10.0. The van der Waals surface area contributed by atoms with Gasteiger partial charge in [-0.15, -0.1) is 10.2 Å². The highest BCUT2D eigenvalue weighted by molar-refractivity contribution is 7.90. The Morgan fingerprint density at radius 2 is 1.98 bits per heavy atom. The summed E-state index contributed by atoms with van der Waals surface area (Å²) in [4.78, 5) is 18.1. The molecule has 40 heavy (non-hydrogen) atoms. The number of nitrogens with zero attached hydrogens (tertiary/aromatic N) is 5. The van der Waals surface area contributed by atoms with Gasteiger partial charge in [0.05, 0.1) is 12.3 Å². The van der Waals surface area contributed by atoms with Gasteiger partial charge in [-0.25, -0.2) is 22.6 Å². The third-order valence-electron chi connectivity index (χ3n) is 6.73. The number of halogens is 2. The Bertz CT molecular complexity index is 1500. The highest BCUT2D eigenvalue weighted by atomic mass is 35.5. The van der Waals surface area contributed by atoms with E-state index >= 15 is 0 Å². The van der Waals surface area contributed by atoms with E-state index in [-0.39, 0.29) is 30.4 Å². The van der Waals surface area contributed by atoms with Gasteiger partial charge in [0, 0.05) is 46.6 Å². The molecule has 3 heterocycles. The maximum atomic E-state index is 14.1. The Kier molecular flexibility index (Phi) is 9.54. The SMILES string of the molecule is C/C(=C\c1nnc(CN2CCC(c3cccc(OCc4ccc(Cl)cc4F)n3)CC2)n1CCS(C)(=O)=O)C(=O)O. The van der Waals surface area contributed by atoms with Gasteiger partial charge in [-0.3, -0.25) is 4.90 Å². The number of rotatable bonds is 11. The predicted molar refractivity (Wildman–Crippen MR) is 148 cm³/mol. The van der Waals surface area contributed by atoms with Gasteiger partial charge >= 0.3 is 5.97 Å². The van der Waals surface area contributed by atoms with Crippen LogP contribution in [0, 0.1) is 5.82 Å². The van der Waals surface area contributed by atoms with Crippen molar-refractivity contribution in [2.75, 3.05) is 25.1 Å². The molecule has 1 N–H and O–H groups in total. The number of sulfone groups is 1. The molecule has 0 radical (unpaired) electrons. The summed E-state index contributed by atoms with van der Waals surface area (Å²) in [5.41, 5.74) is 1.38. The lowest BCUT2D eigenvalue weighted by atomic mass is 9.93. The maximum Gasteiger partial charge on any atom is 0.331 e. The first kappa shape index (κ1) is 29.6. The van der Waals surface area contributed by atoms with Crippen molar-refractivity contribution in [1.82, 2.24) is 24.6 Å². The molecule has 0 saturated carbocycles. The second-order valence-electron chi connectivity index (χ2n) is 9.86. The molecule has 0 atom stereocenters. The van der Waals surface area contributed by atoms with Crippen LogP contribution in [0.15, 0.2) is 42.0 Å². The average molecular weight is 592 g/mol. The zero-order valence-corrected chi connectivity index (χ0v) is 23.8. The molecule has 1 fully saturated rings. The zero-order chi connectivity index (χ0) is 28.9. The summed E-state index contributed by atoms with van der Waals surface area (Å²) in [5.74, 6) is -0.0911. The van der Waals surface area contributed by atoms with Crippen LogP contribution < -0.4 is 4.74 Å². The van der Waals surface area contributed by atoms with E-state index < -0.39 is 21.6 Å². The zero-order valence-electron chi connectivity index (χ0n) is 22.3. The van der Waals surface area contributed by atoms with Gasteiger partial charge in [0.15, 0.2) is 5.82 Å². The van der Waals surface area contributed by atoms with Crippen molar-refractivity contribution >= 4 is 33.5 Å². The lowest BCUT2D eigenvalue weighted by Crippen LogP contribution is -2.34. The monoisotopic (exact) mass is 591 g/mol. The topological polar surface area (TPSA) is 128 Å². The van der Waals surface area contributed by atoms with Crippen LogP contribution in [0.3, 0.4) is 0 Å². The number of piperidine rings is 1. The first-order chi connectivity index (χ1) is 19.0. The van der Waals surface area contributed by atoms with Crippen molar-refractivity contribution in [2.24, 2.45) is 0 Å². The van der Waals surface area contributed by atoms with Crippen molar-refractivity contribution in [2.45, 2.75) is 45.4 Å². The van der Waals surface area contributed by atoms with Gasteiger partial charge < -0.3 is 14.4 Å². The lowest BCUT2D eigenvalue weighted by molar-refractivity contribution is -0.132. The van der Waals surface area contributed by atoms with Crippen LogP contribution in [0.25, 0.3) is 6.08 Å². The van der Waals surface area contributed by atoms with Crippen LogP contribution in [-0.4, -0.2) is 69.2 Å². The van der Waals surface area contributed by atoms with E-state index in [0.29, 0.717) is 34.7 Å². The van der Waals surface area contributed by atoms with Crippen molar-refractivity contribution in [3.8, 4) is 5.88 Å². The Morgan fingerprint density at radius 1 is 1.23 bits per heavy atom. The number of ether oxygens (including phenoxy) is 1. The van der Waals surface area contributed by atoms with E-state index in [1.54, 1.807) is 22.8 Å². The third kappa shape index (κ3) is 8.09. The molecule has 0 spiro atoms. The van der Waals surface area contributed by atoms with Gasteiger partial charge in [-0.05, 0) is 57.1 Å². The first-order valence-corrected chi connectivity index (χ1v) is 15.2. The van der Waals surface area contributed by atoms with Crippen molar-refractivity contribution < 1.29 is 27.4 Å². The Hall–Kier alpha value is -3.35. The van der Waals surface area contributed by atoms with Crippen LogP contribution in [0.1, 0.15) is 48.6 Å². The molecule has 10 nitrogen and oxygen atoms in total. The normalized spacial score (nSPS) is 15.3. The molecule has 1 saturated heterocycles. The largest absolute Gasteiger partial charge is 0.478 e. The molecule has 3 aromatic rings. The molecular formula is C27H31ClFN5O5S. The summed E-state index contributed by atoms with van der Waals surface area (Å²) in [7, 11) is -3.25. The van der Waals surface area contributed by atoms with Crippen molar-refractivity contribution in [3.05, 3.63) is 75.7 Å². The summed E-state index contributed by atoms with van der Waals surface area (Å²) in [6.07, 6.45) is 4.23. The second-order valence-corrected chi connectivity index (χ2v) is 12.6. The molecule has 0 bridgehead atoms. The fourth-order valence-corrected chi connectivity index (χ4v) is 5.12. The predicted octanol–water partition coefficient (Wildman–Crippen LogP) is 3.96. The Labute approximate surface area is 237 Å². The minimum absolute atomic E-state index is 0.0427. The fourth-order valence-electron chi connectivity index (χ4n) is 4.44. The maximum absolute atomic E-state index is 14.1. The summed E-state index contributed by atoms with van der Waals surface area (Å²) < 4.78 is 45.1. The van der Waals surface area contributed by atoms with Gasteiger partial charge in [0.2, 0.25) is 5.88 Å². The number of likely N-dealkylation sites (tertiary alicyclic amines) is 1. The van der Waals surface area contributed by atoms with E-state index in [4.69, 9.17) is 16.3 Å². The van der Waals surface area contributed by atoms with E-state index in [0.717, 1.165) is 37.9 Å². The molecule has 1 aliphatic rings. The van der Waals surface area contributed by atoms with E-state index in [9.17, 15) is 22.7 Å². The minimum atomic E-state index is -3.25. The quantitative estimate of drug-likeness (QED) is 0.330. The fraction of sp³-hybridized carbons (Fsp3) is 0.407. The van der Waals surface area contributed by atoms with Gasteiger partial charge in [-0.1, -0.05) is 23.7 Å². The number of aliphatic carboxylic acids is 1. The molecule has 13 heteroatoms. The standard InChI is InChI=1S/C27H31ClFN5O5S/c1-18(27(35)36)14-24-31-32-25(34(24)12-13-40(2,37)38)16-33-10-8-19(9-11-33)23-4-3-5-26(30-23)39-17-20-6-7-21(28)15-22(20)29/h3-7,14-15,19H,8-13,16-17H2,1-2H3,(H,35,36)/b18-14+. The molecule has 4 rings (SSSR count). The Balaban J connectivity index is 1.39. The molecular weight excluding hydrogens is 561 g/mol. The third-order valence-corrected chi connectivity index (χ3v) is 7.89. The van der Waals surface area contributed by atoms with Crippen LogP contribution in [0.2, 0.25) is 5.02 Å². The van der Waals surface area contributed by atoms with Crippen LogP contribution in [0.4, 0.5) is 4.39 Å². The number of aromatic nitrogens is 4. The van der Waals surface area contributed by atoms with Crippen molar-refractivity contribution in [1.29, 1.82) is 0 Å². The number of pyridine rings is 1. The van der Waals surface area contributed by atoms with E-state index in [1.165, 1.54) is 19.1 Å². The smallest absolute Gasteiger partial charge is 0.331 e. The molecule has 2 aromatic heterocycles. The molecule has 1 aromatic carbocycles. The second kappa shape index (κ2) is 12.9. The van der Waals surface area contributed by atoms with Crippen molar-refractivity contribution in [3.63, 3.8) is 0 Å². The van der Waals surface area contributed by atoms with E-state index in [2.05, 4.69) is 20.1 Å². The molecule has 1 aliphatic heterocycles. The minimum Gasteiger partial charge on any atom is -0.478 e. The Morgan fingerprint density at radius 3 is 2.65 bits per heavy atom. The number of benzene rings is 1. The average Bonchev–Trinajstić information content (AvgIpc) is 3.27. The van der Waals surface area contributed by atoms with Gasteiger partial charge in [0.1, 0.15) is 28.1 Å². The molecule has 214 valence electrons. The van der Waals surface area contributed by atoms with Gasteiger partial charge in [-0.2, -0.15) is 0 Å². The summed E-state index contributed by atoms with van der Waals surface area (Å²) in [6.45, 7) is 3.59. The first-order valence-electron chi connectivity index (χ1n) is 12.8.